The second-order valence-electron chi connectivity index (χ2n) is 5.82. The van der Waals surface area contributed by atoms with Crippen molar-refractivity contribution in [1.82, 2.24) is 9.55 Å². The van der Waals surface area contributed by atoms with Gasteiger partial charge in [0.2, 0.25) is 0 Å². The fourth-order valence-corrected chi connectivity index (χ4v) is 3.11. The molecular weight excluding hydrogens is 366 g/mol. The van der Waals surface area contributed by atoms with Gasteiger partial charge in [-0.25, -0.2) is 4.79 Å². The highest BCUT2D eigenvalue weighted by Crippen LogP contribution is 2.29. The van der Waals surface area contributed by atoms with Crippen molar-refractivity contribution in [2.45, 2.75) is 6.92 Å². The van der Waals surface area contributed by atoms with Crippen LogP contribution in [-0.4, -0.2) is 32.3 Å². The molecule has 1 aromatic carbocycles. The summed E-state index contributed by atoms with van der Waals surface area (Å²) in [7, 11) is 0. The van der Waals surface area contributed by atoms with Crippen LogP contribution in [-0.2, 0) is 4.79 Å². The molecule has 0 spiro atoms. The van der Waals surface area contributed by atoms with E-state index < -0.39 is 5.97 Å². The molecular formula is C20H14ClN3O3. The van der Waals surface area contributed by atoms with Gasteiger partial charge in [-0.2, -0.15) is 5.26 Å². The van der Waals surface area contributed by atoms with Crippen LogP contribution in [0.25, 0.3) is 22.8 Å². The van der Waals surface area contributed by atoms with Gasteiger partial charge < -0.3 is 9.67 Å². The third-order valence-electron chi connectivity index (χ3n) is 4.14. The summed E-state index contributed by atoms with van der Waals surface area (Å²) < 4.78 is 1.85. The van der Waals surface area contributed by atoms with Crippen molar-refractivity contribution in [2.75, 3.05) is 5.88 Å². The maximum Gasteiger partial charge on any atom is 0.328 e. The molecule has 0 atom stereocenters. The van der Waals surface area contributed by atoms with Crippen LogP contribution in [0.4, 0.5) is 0 Å². The maximum absolute atomic E-state index is 12.4. The van der Waals surface area contributed by atoms with E-state index in [4.69, 9.17) is 22.0 Å². The molecule has 0 aliphatic rings. The summed E-state index contributed by atoms with van der Waals surface area (Å²) in [5.41, 5.74) is 4.11. The number of carboxylic acids is 1. The molecule has 0 saturated heterocycles. The summed E-state index contributed by atoms with van der Waals surface area (Å²) in [5, 5.41) is 17.8. The highest BCUT2D eigenvalue weighted by molar-refractivity contribution is 6.32. The summed E-state index contributed by atoms with van der Waals surface area (Å²) in [6, 6.07) is 10.8. The number of carboxylic acid groups (broad SMARTS) is 1. The Kier molecular flexibility index (Phi) is 5.06. The van der Waals surface area contributed by atoms with Crippen LogP contribution in [0.3, 0.4) is 0 Å². The van der Waals surface area contributed by atoms with Crippen molar-refractivity contribution >= 4 is 40.5 Å². The largest absolute Gasteiger partial charge is 0.478 e. The number of alkyl halides is 1. The molecule has 0 bridgehead atoms. The van der Waals surface area contributed by atoms with Crippen LogP contribution in [0.15, 0.2) is 42.6 Å². The van der Waals surface area contributed by atoms with Crippen molar-refractivity contribution < 1.29 is 14.7 Å². The van der Waals surface area contributed by atoms with Crippen LogP contribution in [0.2, 0.25) is 0 Å². The average molecular weight is 380 g/mol. The molecule has 3 rings (SSSR count). The van der Waals surface area contributed by atoms with Gasteiger partial charge in [0.25, 0.3) is 0 Å². The number of carbonyl (C=O) groups is 2. The summed E-state index contributed by atoms with van der Waals surface area (Å²) in [5.74, 6) is -1.48. The lowest BCUT2D eigenvalue weighted by Crippen LogP contribution is -2.04. The Morgan fingerprint density at radius 3 is 2.63 bits per heavy atom. The number of aliphatic carboxylic acids is 1. The number of aromatic nitrogens is 2. The van der Waals surface area contributed by atoms with E-state index in [2.05, 4.69) is 11.1 Å². The second kappa shape index (κ2) is 7.44. The van der Waals surface area contributed by atoms with Gasteiger partial charge in [-0.05, 0) is 48.9 Å². The molecule has 0 amide bonds. The lowest BCUT2D eigenvalue weighted by Gasteiger charge is -2.09. The van der Waals surface area contributed by atoms with Gasteiger partial charge in [0.1, 0.15) is 0 Å². The quantitative estimate of drug-likeness (QED) is 0.414. The minimum Gasteiger partial charge on any atom is -0.478 e. The summed E-state index contributed by atoms with van der Waals surface area (Å²) >= 11 is 5.77. The molecule has 6 nitrogen and oxygen atoms in total. The molecule has 27 heavy (non-hydrogen) atoms. The van der Waals surface area contributed by atoms with Gasteiger partial charge >= 0.3 is 5.97 Å². The lowest BCUT2D eigenvalue weighted by atomic mass is 10.1. The minimum absolute atomic E-state index is 0.171. The molecule has 2 heterocycles. The number of nitrogens with zero attached hydrogens (tertiary/aromatic N) is 3. The van der Waals surface area contributed by atoms with Gasteiger partial charge in [0.15, 0.2) is 5.78 Å². The Hall–Kier alpha value is -3.43. The predicted molar refractivity (Wildman–Crippen MR) is 102 cm³/mol. The molecule has 0 fully saturated rings. The molecule has 0 saturated carbocycles. The number of halogens is 1. The Bertz CT molecular complexity index is 1120. The molecule has 7 heteroatoms. The van der Waals surface area contributed by atoms with Crippen molar-refractivity contribution in [3.63, 3.8) is 0 Å². The second-order valence-corrected chi connectivity index (χ2v) is 6.09. The van der Waals surface area contributed by atoms with E-state index in [0.29, 0.717) is 33.4 Å². The van der Waals surface area contributed by atoms with Gasteiger partial charge in [-0.1, -0.05) is 0 Å². The monoisotopic (exact) mass is 379 g/mol. The molecule has 3 aromatic rings. The van der Waals surface area contributed by atoms with E-state index in [1.54, 1.807) is 37.3 Å². The first-order valence-electron chi connectivity index (χ1n) is 7.98. The number of hydrogen-bond donors (Lipinski definition) is 1. The Morgan fingerprint density at radius 2 is 2.04 bits per heavy atom. The zero-order valence-corrected chi connectivity index (χ0v) is 15.1. The van der Waals surface area contributed by atoms with Gasteiger partial charge in [0, 0.05) is 23.7 Å². The zero-order chi connectivity index (χ0) is 19.6. The molecule has 134 valence electrons. The number of benzene rings is 1. The van der Waals surface area contributed by atoms with Crippen molar-refractivity contribution in [3.8, 4) is 11.8 Å². The minimum atomic E-state index is -1.06. The van der Waals surface area contributed by atoms with Gasteiger partial charge in [-0.3, -0.25) is 9.78 Å². The lowest BCUT2D eigenvalue weighted by molar-refractivity contribution is -0.131. The predicted octanol–water partition coefficient (Wildman–Crippen LogP) is 3.72. The molecule has 2 aromatic heterocycles. The van der Waals surface area contributed by atoms with Crippen LogP contribution in [0.5, 0.6) is 0 Å². The Morgan fingerprint density at radius 1 is 1.33 bits per heavy atom. The summed E-state index contributed by atoms with van der Waals surface area (Å²) in [6.45, 7) is 1.80. The fourth-order valence-electron chi connectivity index (χ4n) is 2.97. The van der Waals surface area contributed by atoms with E-state index in [1.807, 2.05) is 4.57 Å². The Labute approximate surface area is 159 Å². The van der Waals surface area contributed by atoms with Crippen LogP contribution in [0.1, 0.15) is 27.2 Å². The van der Waals surface area contributed by atoms with Crippen molar-refractivity contribution in [2.24, 2.45) is 0 Å². The van der Waals surface area contributed by atoms with Gasteiger partial charge in [-0.15, -0.1) is 11.6 Å². The first-order valence-corrected chi connectivity index (χ1v) is 8.51. The number of fused-ring (bicyclic) bond motifs is 1. The smallest absolute Gasteiger partial charge is 0.328 e. The molecule has 0 radical (unpaired) electrons. The SMILES string of the molecule is Cc1c(C(=O)CCl)c2ncc(C=CC(=O)O)cc2n1-c1ccc(C#N)cc1. The highest BCUT2D eigenvalue weighted by atomic mass is 35.5. The highest BCUT2D eigenvalue weighted by Gasteiger charge is 2.21. The molecule has 1 N–H and O–H groups in total. The van der Waals surface area contributed by atoms with E-state index in [0.717, 1.165) is 11.8 Å². The first kappa shape index (κ1) is 18.4. The number of carbonyl (C=O) groups excluding carboxylic acids is 1. The van der Waals surface area contributed by atoms with Crippen LogP contribution >= 0.6 is 11.6 Å². The average Bonchev–Trinajstić information content (AvgIpc) is 2.97. The van der Waals surface area contributed by atoms with E-state index in [9.17, 15) is 9.59 Å². The van der Waals surface area contributed by atoms with Crippen molar-refractivity contribution in [3.05, 3.63) is 65.0 Å². The molecule has 0 unspecified atom stereocenters. The number of ketones is 1. The normalized spacial score (nSPS) is 11.0. The number of Topliss-reactive ketones (excluding diaryl/α,β-unsaturated/α-hetero) is 1. The summed E-state index contributed by atoms with van der Waals surface area (Å²) in [4.78, 5) is 27.5. The number of rotatable bonds is 5. The van der Waals surface area contributed by atoms with Crippen LogP contribution in [0, 0.1) is 18.3 Å². The van der Waals surface area contributed by atoms with Crippen molar-refractivity contribution in [1.29, 1.82) is 5.26 Å². The third-order valence-corrected chi connectivity index (χ3v) is 4.38. The van der Waals surface area contributed by atoms with E-state index >= 15 is 0 Å². The van der Waals surface area contributed by atoms with E-state index in [1.165, 1.54) is 12.3 Å². The van der Waals surface area contributed by atoms with Gasteiger partial charge in [0.05, 0.1) is 34.1 Å². The first-order chi connectivity index (χ1) is 13.0. The fraction of sp³-hybridized carbons (Fsp3) is 0.100. The van der Waals surface area contributed by atoms with Crippen LogP contribution < -0.4 is 0 Å². The third kappa shape index (κ3) is 3.46. The topological polar surface area (TPSA) is 96.0 Å². The number of hydrogen-bond acceptors (Lipinski definition) is 4. The standard InChI is InChI=1S/C20H14ClN3O3/c1-12-19(17(25)9-21)20-16(8-14(11-23-20)4-7-18(26)27)24(12)15-5-2-13(10-22)3-6-15/h2-8,11H,9H2,1H3,(H,26,27). The van der Waals surface area contributed by atoms with E-state index in [-0.39, 0.29) is 11.7 Å². The zero-order valence-electron chi connectivity index (χ0n) is 14.3. The Balaban J connectivity index is 2.30. The molecule has 0 aliphatic carbocycles. The molecule has 0 aliphatic heterocycles. The number of nitriles is 1. The summed E-state index contributed by atoms with van der Waals surface area (Å²) in [6.07, 6.45) is 3.97. The maximum atomic E-state index is 12.4. The number of pyridine rings is 1.